The molecule has 0 aliphatic carbocycles. The van der Waals surface area contributed by atoms with Crippen molar-refractivity contribution in [3.8, 4) is 0 Å². The molecule has 0 aromatic heterocycles. The summed E-state index contributed by atoms with van der Waals surface area (Å²) >= 11 is 6.97. The van der Waals surface area contributed by atoms with Crippen LogP contribution >= 0.6 is 23.4 Å². The second kappa shape index (κ2) is 5.18. The van der Waals surface area contributed by atoms with Gasteiger partial charge in [0.15, 0.2) is 0 Å². The van der Waals surface area contributed by atoms with Gasteiger partial charge in [0.1, 0.15) is 5.02 Å². The van der Waals surface area contributed by atoms with Crippen LogP contribution in [0.4, 0.5) is 5.69 Å². The highest BCUT2D eigenvalue weighted by atomic mass is 35.5. The zero-order chi connectivity index (χ0) is 12.3. The molecule has 86 valence electrons. The number of hydrogen-bond acceptors (Lipinski definition) is 4. The van der Waals surface area contributed by atoms with Gasteiger partial charge in [0.2, 0.25) is 0 Å². The first-order valence-corrected chi connectivity index (χ1v) is 5.67. The molecule has 1 aromatic carbocycles. The van der Waals surface area contributed by atoms with Gasteiger partial charge in [0.25, 0.3) is 5.69 Å². The van der Waals surface area contributed by atoms with Crippen LogP contribution in [0.1, 0.15) is 17.3 Å². The van der Waals surface area contributed by atoms with E-state index in [1.54, 1.807) is 0 Å². The molecule has 0 radical (unpaired) electrons. The van der Waals surface area contributed by atoms with Crippen LogP contribution in [-0.4, -0.2) is 21.8 Å². The molecule has 7 heteroatoms. The minimum Gasteiger partial charge on any atom is -0.478 e. The summed E-state index contributed by atoms with van der Waals surface area (Å²) in [4.78, 5) is 21.2. The number of aromatic carboxylic acids is 1. The number of carbonyl (C=O) groups is 1. The van der Waals surface area contributed by atoms with Gasteiger partial charge >= 0.3 is 5.97 Å². The van der Waals surface area contributed by atoms with Crippen molar-refractivity contribution in [3.63, 3.8) is 0 Å². The van der Waals surface area contributed by atoms with Crippen molar-refractivity contribution < 1.29 is 14.8 Å². The number of thioether (sulfide) groups is 1. The lowest BCUT2D eigenvalue weighted by atomic mass is 10.2. The maximum atomic E-state index is 10.9. The van der Waals surface area contributed by atoms with Crippen molar-refractivity contribution in [3.05, 3.63) is 32.8 Å². The maximum Gasteiger partial charge on any atom is 0.337 e. The Balaban J connectivity index is 3.36. The fourth-order valence-electron chi connectivity index (χ4n) is 1.13. The number of nitro groups is 1. The lowest BCUT2D eigenvalue weighted by molar-refractivity contribution is -0.384. The van der Waals surface area contributed by atoms with Gasteiger partial charge in [0.05, 0.1) is 10.5 Å². The maximum absolute atomic E-state index is 10.9. The van der Waals surface area contributed by atoms with Crippen LogP contribution in [0.2, 0.25) is 5.02 Å². The molecule has 16 heavy (non-hydrogen) atoms. The standard InChI is InChI=1S/C9H8ClNO4S/c1-2-16-8-4-6(10)7(11(14)15)3-5(8)9(12)13/h3-4H,2H2,1H3,(H,12,13). The van der Waals surface area contributed by atoms with E-state index in [1.807, 2.05) is 6.92 Å². The van der Waals surface area contributed by atoms with E-state index in [4.69, 9.17) is 16.7 Å². The average molecular weight is 262 g/mol. The third kappa shape index (κ3) is 2.65. The Labute approximate surface area is 101 Å². The zero-order valence-electron chi connectivity index (χ0n) is 8.27. The van der Waals surface area contributed by atoms with Crippen LogP contribution in [-0.2, 0) is 0 Å². The molecule has 0 spiro atoms. The Hall–Kier alpha value is -1.27. The quantitative estimate of drug-likeness (QED) is 0.512. The van der Waals surface area contributed by atoms with Crippen LogP contribution in [0.15, 0.2) is 17.0 Å². The largest absolute Gasteiger partial charge is 0.478 e. The molecule has 0 amide bonds. The van der Waals surface area contributed by atoms with Gasteiger partial charge in [-0.1, -0.05) is 18.5 Å². The van der Waals surface area contributed by atoms with Crippen molar-refractivity contribution in [1.82, 2.24) is 0 Å². The number of benzene rings is 1. The minimum absolute atomic E-state index is 0.0500. The van der Waals surface area contributed by atoms with E-state index >= 15 is 0 Å². The van der Waals surface area contributed by atoms with Gasteiger partial charge in [-0.2, -0.15) is 0 Å². The van der Waals surface area contributed by atoms with Crippen LogP contribution in [0.5, 0.6) is 0 Å². The van der Waals surface area contributed by atoms with E-state index in [1.165, 1.54) is 17.8 Å². The molecule has 0 unspecified atom stereocenters. The zero-order valence-corrected chi connectivity index (χ0v) is 9.84. The van der Waals surface area contributed by atoms with Gasteiger partial charge in [-0.3, -0.25) is 10.1 Å². The third-order valence-electron chi connectivity index (χ3n) is 1.78. The lowest BCUT2D eigenvalue weighted by Gasteiger charge is -2.05. The molecule has 0 saturated heterocycles. The molecule has 0 aliphatic rings. The summed E-state index contributed by atoms with van der Waals surface area (Å²) in [6.45, 7) is 1.85. The fraction of sp³-hybridized carbons (Fsp3) is 0.222. The van der Waals surface area contributed by atoms with E-state index in [-0.39, 0.29) is 16.3 Å². The Morgan fingerprint density at radius 2 is 2.25 bits per heavy atom. The number of carboxylic acid groups (broad SMARTS) is 1. The molecular formula is C9H8ClNO4S. The van der Waals surface area contributed by atoms with Crippen LogP contribution in [0.25, 0.3) is 0 Å². The molecule has 0 fully saturated rings. The minimum atomic E-state index is -1.20. The first-order chi connectivity index (χ1) is 7.47. The Morgan fingerprint density at radius 1 is 1.62 bits per heavy atom. The van der Waals surface area contributed by atoms with E-state index in [2.05, 4.69) is 0 Å². The second-order valence-electron chi connectivity index (χ2n) is 2.80. The second-order valence-corrected chi connectivity index (χ2v) is 4.51. The summed E-state index contributed by atoms with van der Waals surface area (Å²) in [6, 6.07) is 2.31. The Bertz CT molecular complexity index is 449. The predicted molar refractivity (Wildman–Crippen MR) is 61.5 cm³/mol. The number of rotatable bonds is 4. The van der Waals surface area contributed by atoms with E-state index in [9.17, 15) is 14.9 Å². The summed E-state index contributed by atoms with van der Waals surface area (Å²) in [7, 11) is 0. The predicted octanol–water partition coefficient (Wildman–Crippen LogP) is 3.06. The highest BCUT2D eigenvalue weighted by molar-refractivity contribution is 7.99. The van der Waals surface area contributed by atoms with Crippen molar-refractivity contribution in [2.45, 2.75) is 11.8 Å². The number of hydrogen-bond donors (Lipinski definition) is 1. The molecule has 5 nitrogen and oxygen atoms in total. The summed E-state index contributed by atoms with van der Waals surface area (Å²) in [6.07, 6.45) is 0. The molecule has 0 saturated carbocycles. The molecular weight excluding hydrogens is 254 g/mol. The topological polar surface area (TPSA) is 80.4 Å². The smallest absolute Gasteiger partial charge is 0.337 e. The van der Waals surface area contributed by atoms with Gasteiger partial charge in [0, 0.05) is 11.0 Å². The third-order valence-corrected chi connectivity index (χ3v) is 3.02. The van der Waals surface area contributed by atoms with Crippen LogP contribution in [0, 0.1) is 10.1 Å². The van der Waals surface area contributed by atoms with Gasteiger partial charge in [-0.25, -0.2) is 4.79 Å². The summed E-state index contributed by atoms with van der Waals surface area (Å²) in [5.74, 6) is -0.537. The summed E-state index contributed by atoms with van der Waals surface area (Å²) in [5.41, 5.74) is -0.484. The SMILES string of the molecule is CCSc1cc(Cl)c([N+](=O)[O-])cc1C(=O)O. The average Bonchev–Trinajstić information content (AvgIpc) is 2.17. The lowest BCUT2D eigenvalue weighted by Crippen LogP contribution is -2.01. The number of halogens is 1. The molecule has 0 atom stereocenters. The van der Waals surface area contributed by atoms with Crippen molar-refractivity contribution >= 4 is 35.0 Å². The first kappa shape index (κ1) is 12.8. The molecule has 0 aliphatic heterocycles. The monoisotopic (exact) mass is 261 g/mol. The number of carboxylic acids is 1. The summed E-state index contributed by atoms with van der Waals surface area (Å²) < 4.78 is 0. The molecule has 1 N–H and O–H groups in total. The fourth-order valence-corrected chi connectivity index (χ4v) is 2.24. The molecule has 0 bridgehead atoms. The van der Waals surface area contributed by atoms with E-state index < -0.39 is 10.9 Å². The molecule has 0 heterocycles. The van der Waals surface area contributed by atoms with Gasteiger partial charge in [-0.15, -0.1) is 11.8 Å². The van der Waals surface area contributed by atoms with Crippen molar-refractivity contribution in [1.29, 1.82) is 0 Å². The van der Waals surface area contributed by atoms with E-state index in [0.717, 1.165) is 6.07 Å². The van der Waals surface area contributed by atoms with Gasteiger partial charge < -0.3 is 5.11 Å². The number of nitro benzene ring substituents is 1. The van der Waals surface area contributed by atoms with Crippen LogP contribution < -0.4 is 0 Å². The van der Waals surface area contributed by atoms with Gasteiger partial charge in [-0.05, 0) is 11.8 Å². The summed E-state index contributed by atoms with van der Waals surface area (Å²) in [5, 5.41) is 19.4. The van der Waals surface area contributed by atoms with Crippen molar-refractivity contribution in [2.75, 3.05) is 5.75 Å². The highest BCUT2D eigenvalue weighted by Gasteiger charge is 2.20. The molecule has 1 rings (SSSR count). The molecule has 1 aromatic rings. The number of nitrogens with zero attached hydrogens (tertiary/aromatic N) is 1. The Morgan fingerprint density at radius 3 is 2.69 bits per heavy atom. The van der Waals surface area contributed by atoms with Crippen LogP contribution in [0.3, 0.4) is 0 Å². The first-order valence-electron chi connectivity index (χ1n) is 4.31. The normalized spacial score (nSPS) is 10.1. The van der Waals surface area contributed by atoms with Crippen molar-refractivity contribution in [2.24, 2.45) is 0 Å². The highest BCUT2D eigenvalue weighted by Crippen LogP contribution is 2.33. The Kier molecular flexibility index (Phi) is 4.14. The van der Waals surface area contributed by atoms with E-state index in [0.29, 0.717) is 10.6 Å².